The monoisotopic (exact) mass is 525 g/mol. The minimum atomic E-state index is -3.81. The molecule has 1 unspecified atom stereocenters. The second-order valence-corrected chi connectivity index (χ2v) is 9.79. The topological polar surface area (TPSA) is 188 Å². The number of nitro benzene ring substituents is 1. The van der Waals surface area contributed by atoms with Crippen LogP contribution >= 0.6 is 0 Å². The van der Waals surface area contributed by atoms with Crippen LogP contribution in [0.25, 0.3) is 0 Å². The van der Waals surface area contributed by atoms with Crippen LogP contribution in [0.1, 0.15) is 5.56 Å². The molecule has 1 aliphatic heterocycles. The van der Waals surface area contributed by atoms with E-state index in [-0.39, 0.29) is 30.3 Å². The SMILES string of the molecule is Cc1cccc(OCC(O)CN2CCN(S(=O)(=O)c3cccc([N+](=O)[O-])c3)CC2)c1.O=C(O)C(=O)O. The summed E-state index contributed by atoms with van der Waals surface area (Å²) in [5.41, 5.74) is 0.814. The second-order valence-electron chi connectivity index (χ2n) is 7.85. The molecule has 13 nitrogen and oxygen atoms in total. The average molecular weight is 526 g/mol. The van der Waals surface area contributed by atoms with Crippen molar-refractivity contribution in [1.82, 2.24) is 9.21 Å². The maximum Gasteiger partial charge on any atom is 0.414 e. The number of aliphatic hydroxyl groups is 1. The van der Waals surface area contributed by atoms with E-state index in [1.165, 1.54) is 22.5 Å². The van der Waals surface area contributed by atoms with Gasteiger partial charge in [0.15, 0.2) is 0 Å². The van der Waals surface area contributed by atoms with E-state index in [0.29, 0.717) is 25.4 Å². The smallest absolute Gasteiger partial charge is 0.414 e. The van der Waals surface area contributed by atoms with Crippen LogP contribution in [0.2, 0.25) is 0 Å². The number of carboxylic acids is 2. The number of ether oxygens (including phenoxy) is 1. The van der Waals surface area contributed by atoms with Gasteiger partial charge in [-0.15, -0.1) is 0 Å². The van der Waals surface area contributed by atoms with Gasteiger partial charge in [-0.25, -0.2) is 18.0 Å². The van der Waals surface area contributed by atoms with Crippen molar-refractivity contribution in [3.63, 3.8) is 0 Å². The maximum atomic E-state index is 12.8. The van der Waals surface area contributed by atoms with E-state index in [2.05, 4.69) is 0 Å². The Morgan fingerprint density at radius 2 is 1.67 bits per heavy atom. The molecule has 196 valence electrons. The Hall–Kier alpha value is -3.59. The highest BCUT2D eigenvalue weighted by Gasteiger charge is 2.30. The number of non-ortho nitro benzene ring substituents is 1. The lowest BCUT2D eigenvalue weighted by molar-refractivity contribution is -0.385. The number of nitro groups is 1. The van der Waals surface area contributed by atoms with Crippen LogP contribution in [0.3, 0.4) is 0 Å². The predicted molar refractivity (Wildman–Crippen MR) is 126 cm³/mol. The van der Waals surface area contributed by atoms with Gasteiger partial charge in [0.1, 0.15) is 18.5 Å². The number of aliphatic hydroxyl groups excluding tert-OH is 1. The molecule has 0 saturated carbocycles. The molecular weight excluding hydrogens is 498 g/mol. The summed E-state index contributed by atoms with van der Waals surface area (Å²) in [7, 11) is -3.81. The molecule has 0 aliphatic carbocycles. The number of carbonyl (C=O) groups is 2. The summed E-state index contributed by atoms with van der Waals surface area (Å²) in [5, 5.41) is 36.0. The second kappa shape index (κ2) is 12.9. The first-order chi connectivity index (χ1) is 16.9. The standard InChI is InChI=1S/C20H25N3O6S.C2H2O4/c1-16-4-2-6-19(12-16)29-15-18(24)14-21-8-10-22(11-9-21)30(27,28)20-7-3-5-17(13-20)23(25)26;3-1(4)2(5)6/h2-7,12-13,18,24H,8-11,14-15H2,1H3;(H,3,4)(H,5,6). The first-order valence-corrected chi connectivity index (χ1v) is 12.1. The van der Waals surface area contributed by atoms with Gasteiger partial charge in [0.2, 0.25) is 10.0 Å². The summed E-state index contributed by atoms with van der Waals surface area (Å²) in [6, 6.07) is 12.6. The van der Waals surface area contributed by atoms with Crippen LogP contribution in [-0.2, 0) is 19.6 Å². The normalized spacial score (nSPS) is 15.3. The van der Waals surface area contributed by atoms with Gasteiger partial charge >= 0.3 is 11.9 Å². The number of rotatable bonds is 8. The molecule has 0 bridgehead atoms. The number of piperazine rings is 1. The molecule has 36 heavy (non-hydrogen) atoms. The summed E-state index contributed by atoms with van der Waals surface area (Å²) >= 11 is 0. The number of carboxylic acid groups (broad SMARTS) is 2. The van der Waals surface area contributed by atoms with E-state index in [9.17, 15) is 23.6 Å². The molecule has 2 aromatic carbocycles. The van der Waals surface area contributed by atoms with E-state index in [1.54, 1.807) is 0 Å². The van der Waals surface area contributed by atoms with E-state index < -0.39 is 33.0 Å². The number of hydrogen-bond acceptors (Lipinski definition) is 9. The lowest BCUT2D eigenvalue weighted by Crippen LogP contribution is -2.50. The van der Waals surface area contributed by atoms with Gasteiger partial charge in [-0.2, -0.15) is 4.31 Å². The Morgan fingerprint density at radius 3 is 2.22 bits per heavy atom. The number of nitrogens with zero attached hydrogens (tertiary/aromatic N) is 3. The third kappa shape index (κ3) is 8.57. The molecule has 1 fully saturated rings. The molecule has 1 atom stereocenters. The molecular formula is C22H27N3O10S. The summed E-state index contributed by atoms with van der Waals surface area (Å²) in [4.78, 5) is 30.4. The molecule has 1 heterocycles. The number of sulfonamides is 1. The number of aryl methyl sites for hydroxylation is 1. The zero-order chi connectivity index (χ0) is 26.9. The Labute approximate surface area is 207 Å². The molecule has 0 spiro atoms. The lowest BCUT2D eigenvalue weighted by Gasteiger charge is -2.34. The molecule has 14 heteroatoms. The maximum absolute atomic E-state index is 12.8. The van der Waals surface area contributed by atoms with Gasteiger partial charge in [0.05, 0.1) is 9.82 Å². The van der Waals surface area contributed by atoms with Gasteiger partial charge in [-0.3, -0.25) is 15.0 Å². The summed E-state index contributed by atoms with van der Waals surface area (Å²) in [6.07, 6.45) is -0.703. The highest BCUT2D eigenvalue weighted by molar-refractivity contribution is 7.89. The zero-order valence-corrected chi connectivity index (χ0v) is 20.2. The van der Waals surface area contributed by atoms with Crippen LogP contribution in [0, 0.1) is 17.0 Å². The van der Waals surface area contributed by atoms with Crippen molar-refractivity contribution in [2.45, 2.75) is 17.9 Å². The van der Waals surface area contributed by atoms with Crippen LogP contribution < -0.4 is 4.74 Å². The molecule has 0 radical (unpaired) electrons. The molecule has 0 aromatic heterocycles. The van der Waals surface area contributed by atoms with Crippen LogP contribution in [0.4, 0.5) is 5.69 Å². The van der Waals surface area contributed by atoms with Crippen molar-refractivity contribution in [2.75, 3.05) is 39.3 Å². The van der Waals surface area contributed by atoms with Crippen molar-refractivity contribution in [3.8, 4) is 5.75 Å². The van der Waals surface area contributed by atoms with E-state index in [0.717, 1.165) is 11.6 Å². The van der Waals surface area contributed by atoms with Gasteiger partial charge in [0.25, 0.3) is 5.69 Å². The fourth-order valence-corrected chi connectivity index (χ4v) is 4.77. The molecule has 1 saturated heterocycles. The fourth-order valence-electron chi connectivity index (χ4n) is 3.31. The first kappa shape index (κ1) is 28.6. The summed E-state index contributed by atoms with van der Waals surface area (Å²) in [5.74, 6) is -2.95. The summed E-state index contributed by atoms with van der Waals surface area (Å²) < 4.78 is 32.5. The Kier molecular flexibility index (Phi) is 10.3. The van der Waals surface area contributed by atoms with E-state index in [1.807, 2.05) is 36.1 Å². The highest BCUT2D eigenvalue weighted by atomic mass is 32.2. The molecule has 2 aromatic rings. The lowest BCUT2D eigenvalue weighted by atomic mass is 10.2. The van der Waals surface area contributed by atoms with Gasteiger partial charge in [-0.05, 0) is 30.7 Å². The number of aliphatic carboxylic acids is 2. The van der Waals surface area contributed by atoms with E-state index in [4.69, 9.17) is 24.5 Å². The molecule has 1 aliphatic rings. The Morgan fingerprint density at radius 1 is 1.06 bits per heavy atom. The Bertz CT molecular complexity index is 1170. The largest absolute Gasteiger partial charge is 0.491 e. The molecule has 0 amide bonds. The van der Waals surface area contributed by atoms with Crippen molar-refractivity contribution in [3.05, 3.63) is 64.2 Å². The average Bonchev–Trinajstić information content (AvgIpc) is 2.83. The number of β-amino-alcohol motifs (C(OH)–C–C–N with tert-alkyl or cyclic N) is 1. The van der Waals surface area contributed by atoms with Crippen molar-refractivity contribution < 1.29 is 43.0 Å². The van der Waals surface area contributed by atoms with Gasteiger partial charge in [0, 0.05) is 44.9 Å². The van der Waals surface area contributed by atoms with Crippen LogP contribution in [-0.4, -0.2) is 95.2 Å². The fraction of sp³-hybridized carbons (Fsp3) is 0.364. The zero-order valence-electron chi connectivity index (χ0n) is 19.4. The Balaban J connectivity index is 0.000000678. The minimum Gasteiger partial charge on any atom is -0.491 e. The quantitative estimate of drug-likeness (QED) is 0.251. The third-order valence-electron chi connectivity index (χ3n) is 5.08. The van der Waals surface area contributed by atoms with Crippen molar-refractivity contribution in [2.24, 2.45) is 0 Å². The van der Waals surface area contributed by atoms with Crippen molar-refractivity contribution >= 4 is 27.6 Å². The molecule has 3 N–H and O–H groups in total. The van der Waals surface area contributed by atoms with E-state index >= 15 is 0 Å². The number of benzene rings is 2. The number of hydrogen-bond donors (Lipinski definition) is 3. The van der Waals surface area contributed by atoms with Crippen LogP contribution in [0.15, 0.2) is 53.4 Å². The van der Waals surface area contributed by atoms with Crippen LogP contribution in [0.5, 0.6) is 5.75 Å². The predicted octanol–water partition coefficient (Wildman–Crippen LogP) is 0.805. The summed E-state index contributed by atoms with van der Waals surface area (Å²) in [6.45, 7) is 3.88. The third-order valence-corrected chi connectivity index (χ3v) is 6.98. The highest BCUT2D eigenvalue weighted by Crippen LogP contribution is 2.22. The first-order valence-electron chi connectivity index (χ1n) is 10.7. The van der Waals surface area contributed by atoms with Gasteiger partial charge in [-0.1, -0.05) is 18.2 Å². The van der Waals surface area contributed by atoms with Crippen molar-refractivity contribution in [1.29, 1.82) is 0 Å². The molecule has 3 rings (SSSR count). The minimum absolute atomic E-state index is 0.0864. The van der Waals surface area contributed by atoms with Gasteiger partial charge < -0.3 is 20.1 Å².